The maximum atomic E-state index is 10.2. The molecule has 0 fully saturated rings. The van der Waals surface area contributed by atoms with Gasteiger partial charge < -0.3 is 4.80 Å². The molecule has 0 saturated heterocycles. The summed E-state index contributed by atoms with van der Waals surface area (Å²) < 4.78 is 0. The standard InChI is InChI=1S/C12H16OSi/c1-9-8-12(14(2,3)13)11-7-5-4-6-10(9)11/h4-8,12-13H,1-3H3. The van der Waals surface area contributed by atoms with E-state index in [1.807, 2.05) is 13.1 Å². The van der Waals surface area contributed by atoms with E-state index in [1.165, 1.54) is 16.7 Å². The second-order valence-corrected chi connectivity index (χ2v) is 8.50. The molecule has 74 valence electrons. The van der Waals surface area contributed by atoms with Gasteiger partial charge in [0.1, 0.15) is 0 Å². The van der Waals surface area contributed by atoms with Crippen LogP contribution in [0.25, 0.3) is 5.57 Å². The minimum absolute atomic E-state index is 0.277. The van der Waals surface area contributed by atoms with Crippen LogP contribution < -0.4 is 0 Å². The first kappa shape index (κ1) is 9.68. The van der Waals surface area contributed by atoms with Crippen LogP contribution in [0.1, 0.15) is 23.6 Å². The van der Waals surface area contributed by atoms with Gasteiger partial charge in [-0.05, 0) is 36.7 Å². The van der Waals surface area contributed by atoms with Crippen molar-refractivity contribution in [1.82, 2.24) is 0 Å². The highest BCUT2D eigenvalue weighted by atomic mass is 28.4. The summed E-state index contributed by atoms with van der Waals surface area (Å²) >= 11 is 0. The molecular weight excluding hydrogens is 188 g/mol. The van der Waals surface area contributed by atoms with Gasteiger partial charge in [-0.1, -0.05) is 30.3 Å². The van der Waals surface area contributed by atoms with Crippen molar-refractivity contribution >= 4 is 13.9 Å². The molecule has 0 aromatic heterocycles. The third-order valence-electron chi connectivity index (χ3n) is 2.90. The molecule has 0 bridgehead atoms. The predicted octanol–water partition coefficient (Wildman–Crippen LogP) is 2.92. The zero-order valence-electron chi connectivity index (χ0n) is 8.91. The fourth-order valence-corrected chi connectivity index (χ4v) is 3.81. The average Bonchev–Trinajstić information content (AvgIpc) is 2.44. The Hall–Kier alpha value is -0.863. The van der Waals surface area contributed by atoms with Gasteiger partial charge in [0.15, 0.2) is 8.32 Å². The Bertz CT molecular complexity index is 388. The molecule has 1 aliphatic rings. The van der Waals surface area contributed by atoms with E-state index < -0.39 is 8.32 Å². The summed E-state index contributed by atoms with van der Waals surface area (Å²) in [7, 11) is -2.09. The van der Waals surface area contributed by atoms with Crippen molar-refractivity contribution in [3.05, 3.63) is 41.5 Å². The normalized spacial score (nSPS) is 20.6. The summed E-state index contributed by atoms with van der Waals surface area (Å²) in [6.07, 6.45) is 2.22. The van der Waals surface area contributed by atoms with Gasteiger partial charge in [-0.2, -0.15) is 0 Å². The van der Waals surface area contributed by atoms with Crippen LogP contribution in [0.4, 0.5) is 0 Å². The lowest BCUT2D eigenvalue weighted by atomic mass is 10.1. The molecule has 0 radical (unpaired) electrons. The molecule has 1 N–H and O–H groups in total. The fourth-order valence-electron chi connectivity index (χ4n) is 2.14. The van der Waals surface area contributed by atoms with Crippen LogP contribution in [-0.2, 0) is 0 Å². The Balaban J connectivity index is 2.52. The van der Waals surface area contributed by atoms with Crippen LogP contribution in [0.5, 0.6) is 0 Å². The maximum Gasteiger partial charge on any atom is 0.193 e. The lowest BCUT2D eigenvalue weighted by Crippen LogP contribution is -2.33. The number of rotatable bonds is 1. The molecule has 2 heteroatoms. The number of fused-ring (bicyclic) bond motifs is 1. The molecule has 0 amide bonds. The van der Waals surface area contributed by atoms with Gasteiger partial charge in [-0.15, -0.1) is 0 Å². The van der Waals surface area contributed by atoms with E-state index in [0.717, 1.165) is 0 Å². The number of benzene rings is 1. The van der Waals surface area contributed by atoms with E-state index in [1.54, 1.807) is 0 Å². The third kappa shape index (κ3) is 1.45. The van der Waals surface area contributed by atoms with Gasteiger partial charge >= 0.3 is 0 Å². The Morgan fingerprint density at radius 2 is 1.86 bits per heavy atom. The highest BCUT2D eigenvalue weighted by molar-refractivity contribution is 6.72. The van der Waals surface area contributed by atoms with E-state index in [0.29, 0.717) is 0 Å². The number of hydrogen-bond acceptors (Lipinski definition) is 1. The van der Waals surface area contributed by atoms with Gasteiger partial charge in [-0.3, -0.25) is 0 Å². The van der Waals surface area contributed by atoms with E-state index in [9.17, 15) is 4.80 Å². The van der Waals surface area contributed by atoms with Gasteiger partial charge in [0, 0.05) is 5.54 Å². The van der Waals surface area contributed by atoms with Crippen LogP contribution in [0.15, 0.2) is 30.3 Å². The highest BCUT2D eigenvalue weighted by Crippen LogP contribution is 2.39. The van der Waals surface area contributed by atoms with Crippen LogP contribution >= 0.6 is 0 Å². The van der Waals surface area contributed by atoms with Crippen molar-refractivity contribution in [3.63, 3.8) is 0 Å². The first-order chi connectivity index (χ1) is 6.50. The molecule has 14 heavy (non-hydrogen) atoms. The molecule has 0 aliphatic heterocycles. The zero-order chi connectivity index (χ0) is 10.3. The molecule has 0 saturated carbocycles. The van der Waals surface area contributed by atoms with Gasteiger partial charge in [0.25, 0.3) is 0 Å². The molecule has 1 atom stereocenters. The topological polar surface area (TPSA) is 20.2 Å². The molecule has 1 aromatic rings. The average molecular weight is 204 g/mol. The summed E-state index contributed by atoms with van der Waals surface area (Å²) in [6.45, 7) is 6.13. The first-order valence-electron chi connectivity index (χ1n) is 5.00. The first-order valence-corrected chi connectivity index (χ1v) is 8.02. The van der Waals surface area contributed by atoms with Crippen molar-refractivity contribution in [1.29, 1.82) is 0 Å². The van der Waals surface area contributed by atoms with Crippen molar-refractivity contribution in [2.75, 3.05) is 0 Å². The summed E-state index contributed by atoms with van der Waals surface area (Å²) in [5.74, 6) is 0. The second kappa shape index (κ2) is 3.07. The lowest BCUT2D eigenvalue weighted by molar-refractivity contribution is 0.540. The van der Waals surface area contributed by atoms with Gasteiger partial charge in [0.2, 0.25) is 0 Å². The quantitative estimate of drug-likeness (QED) is 0.697. The summed E-state index contributed by atoms with van der Waals surface area (Å²) in [6, 6.07) is 8.39. The van der Waals surface area contributed by atoms with E-state index >= 15 is 0 Å². The largest absolute Gasteiger partial charge is 0.431 e. The number of allylic oxidation sites excluding steroid dienone is 2. The Morgan fingerprint density at radius 1 is 1.21 bits per heavy atom. The SMILES string of the molecule is CC1=CC([Si](C)(C)O)c2ccccc21. The van der Waals surface area contributed by atoms with Gasteiger partial charge in [0.05, 0.1) is 0 Å². The molecule has 1 unspecified atom stereocenters. The summed E-state index contributed by atoms with van der Waals surface area (Å²) in [5, 5.41) is 0. The van der Waals surface area contributed by atoms with Crippen molar-refractivity contribution in [3.8, 4) is 0 Å². The van der Waals surface area contributed by atoms with E-state index in [2.05, 4.69) is 37.3 Å². The molecule has 1 aliphatic carbocycles. The fraction of sp³-hybridized carbons (Fsp3) is 0.333. The van der Waals surface area contributed by atoms with Gasteiger partial charge in [-0.25, -0.2) is 0 Å². The smallest absolute Gasteiger partial charge is 0.193 e. The monoisotopic (exact) mass is 204 g/mol. The predicted molar refractivity (Wildman–Crippen MR) is 62.5 cm³/mol. The van der Waals surface area contributed by atoms with Crippen LogP contribution in [0.3, 0.4) is 0 Å². The Labute approximate surface area is 86.2 Å². The summed E-state index contributed by atoms with van der Waals surface area (Å²) in [4.78, 5) is 10.2. The summed E-state index contributed by atoms with van der Waals surface area (Å²) in [5.41, 5.74) is 4.20. The zero-order valence-corrected chi connectivity index (χ0v) is 9.91. The van der Waals surface area contributed by atoms with Crippen molar-refractivity contribution in [2.45, 2.75) is 25.6 Å². The van der Waals surface area contributed by atoms with E-state index in [4.69, 9.17) is 0 Å². The third-order valence-corrected chi connectivity index (χ3v) is 4.90. The molecular formula is C12H16OSi. The second-order valence-electron chi connectivity index (χ2n) is 4.57. The Morgan fingerprint density at radius 3 is 2.50 bits per heavy atom. The van der Waals surface area contributed by atoms with Crippen LogP contribution in [0.2, 0.25) is 13.1 Å². The van der Waals surface area contributed by atoms with Crippen LogP contribution in [0, 0.1) is 0 Å². The molecule has 2 rings (SSSR count). The minimum atomic E-state index is -2.09. The molecule has 0 heterocycles. The van der Waals surface area contributed by atoms with Crippen LogP contribution in [-0.4, -0.2) is 13.1 Å². The Kier molecular flexibility index (Phi) is 2.12. The lowest BCUT2D eigenvalue weighted by Gasteiger charge is -2.22. The van der Waals surface area contributed by atoms with E-state index in [-0.39, 0.29) is 5.54 Å². The van der Waals surface area contributed by atoms with Crippen molar-refractivity contribution < 1.29 is 4.80 Å². The number of hydrogen-bond donors (Lipinski definition) is 1. The molecule has 1 aromatic carbocycles. The highest BCUT2D eigenvalue weighted by Gasteiger charge is 2.34. The maximum absolute atomic E-state index is 10.2. The molecule has 0 spiro atoms. The minimum Gasteiger partial charge on any atom is -0.431 e. The molecule has 1 nitrogen and oxygen atoms in total. The van der Waals surface area contributed by atoms with Crippen molar-refractivity contribution in [2.24, 2.45) is 0 Å².